The molecule has 110 valence electrons. The number of nitrogens with zero attached hydrogens (tertiary/aromatic N) is 1. The van der Waals surface area contributed by atoms with E-state index in [1.807, 2.05) is 0 Å². The predicted octanol–water partition coefficient (Wildman–Crippen LogP) is 3.84. The first-order chi connectivity index (χ1) is 9.60. The van der Waals surface area contributed by atoms with Crippen LogP contribution in [0.5, 0.6) is 0 Å². The SMILES string of the molecule is CCNC1CC2CCC(C1)N2c1cc(F)c(Br)cc1F. The highest BCUT2D eigenvalue weighted by Gasteiger charge is 2.41. The molecule has 2 fully saturated rings. The molecule has 1 N–H and O–H groups in total. The van der Waals surface area contributed by atoms with Crippen LogP contribution >= 0.6 is 15.9 Å². The zero-order valence-corrected chi connectivity index (χ0v) is 13.1. The van der Waals surface area contributed by atoms with Crippen molar-refractivity contribution in [3.63, 3.8) is 0 Å². The summed E-state index contributed by atoms with van der Waals surface area (Å²) in [5.74, 6) is -0.730. The van der Waals surface area contributed by atoms with Crippen molar-refractivity contribution in [1.82, 2.24) is 5.32 Å². The summed E-state index contributed by atoms with van der Waals surface area (Å²) in [6.45, 7) is 3.07. The van der Waals surface area contributed by atoms with Crippen molar-refractivity contribution < 1.29 is 8.78 Å². The van der Waals surface area contributed by atoms with Gasteiger partial charge in [0, 0.05) is 24.2 Å². The van der Waals surface area contributed by atoms with Crippen molar-refractivity contribution in [2.75, 3.05) is 11.4 Å². The third-order valence-electron chi connectivity index (χ3n) is 4.49. The van der Waals surface area contributed by atoms with Crippen LogP contribution in [0.4, 0.5) is 14.5 Å². The number of hydrogen-bond acceptors (Lipinski definition) is 2. The molecule has 2 unspecified atom stereocenters. The smallest absolute Gasteiger partial charge is 0.147 e. The van der Waals surface area contributed by atoms with Crippen LogP contribution in [0.2, 0.25) is 0 Å². The van der Waals surface area contributed by atoms with Crippen LogP contribution in [0.1, 0.15) is 32.6 Å². The average molecular weight is 345 g/mol. The summed E-state index contributed by atoms with van der Waals surface area (Å²) in [6, 6.07) is 3.73. The van der Waals surface area contributed by atoms with Crippen LogP contribution in [0.3, 0.4) is 0 Å². The fourth-order valence-electron chi connectivity index (χ4n) is 3.74. The van der Waals surface area contributed by atoms with Gasteiger partial charge in [-0.1, -0.05) is 6.92 Å². The normalized spacial score (nSPS) is 29.0. The van der Waals surface area contributed by atoms with Gasteiger partial charge in [-0.05, 0) is 54.2 Å². The summed E-state index contributed by atoms with van der Waals surface area (Å²) < 4.78 is 28.1. The monoisotopic (exact) mass is 344 g/mol. The minimum Gasteiger partial charge on any atom is -0.363 e. The standard InChI is InChI=1S/C15H19BrF2N2/c1-2-19-9-5-10-3-4-11(6-9)20(10)15-8-13(17)12(16)7-14(15)18/h7-11,19H,2-6H2,1H3. The van der Waals surface area contributed by atoms with Crippen LogP contribution in [0.15, 0.2) is 16.6 Å². The van der Waals surface area contributed by atoms with Gasteiger partial charge < -0.3 is 10.2 Å². The van der Waals surface area contributed by atoms with Crippen molar-refractivity contribution in [2.45, 2.75) is 50.7 Å². The zero-order chi connectivity index (χ0) is 14.3. The van der Waals surface area contributed by atoms with Crippen molar-refractivity contribution in [1.29, 1.82) is 0 Å². The number of benzene rings is 1. The van der Waals surface area contributed by atoms with E-state index in [1.165, 1.54) is 12.1 Å². The van der Waals surface area contributed by atoms with Gasteiger partial charge in [-0.3, -0.25) is 0 Å². The highest BCUT2D eigenvalue weighted by Crippen LogP contribution is 2.41. The van der Waals surface area contributed by atoms with E-state index in [4.69, 9.17) is 0 Å². The molecule has 2 atom stereocenters. The molecule has 0 radical (unpaired) electrons. The Bertz CT molecular complexity index is 495. The van der Waals surface area contributed by atoms with Crippen LogP contribution in [0, 0.1) is 11.6 Å². The Kier molecular flexibility index (Phi) is 4.00. The topological polar surface area (TPSA) is 15.3 Å². The first-order valence-corrected chi connectivity index (χ1v) is 8.05. The number of nitrogens with one attached hydrogen (secondary N) is 1. The largest absolute Gasteiger partial charge is 0.363 e. The first kappa shape index (κ1) is 14.3. The Hall–Kier alpha value is -0.680. The van der Waals surface area contributed by atoms with E-state index in [1.54, 1.807) is 0 Å². The highest BCUT2D eigenvalue weighted by atomic mass is 79.9. The van der Waals surface area contributed by atoms with Crippen molar-refractivity contribution in [2.24, 2.45) is 0 Å². The molecule has 2 heterocycles. The predicted molar refractivity (Wildman–Crippen MR) is 80.0 cm³/mol. The van der Waals surface area contributed by atoms with Gasteiger partial charge >= 0.3 is 0 Å². The molecule has 2 aliphatic heterocycles. The van der Waals surface area contributed by atoms with Crippen LogP contribution in [0.25, 0.3) is 0 Å². The van der Waals surface area contributed by atoms with E-state index in [-0.39, 0.29) is 10.3 Å². The second kappa shape index (κ2) is 5.60. The van der Waals surface area contributed by atoms with Gasteiger partial charge in [0.05, 0.1) is 10.2 Å². The van der Waals surface area contributed by atoms with E-state index in [2.05, 4.69) is 33.1 Å². The molecule has 3 rings (SSSR count). The summed E-state index contributed by atoms with van der Waals surface area (Å²) in [4.78, 5) is 2.11. The lowest BCUT2D eigenvalue weighted by molar-refractivity contribution is 0.358. The number of anilines is 1. The zero-order valence-electron chi connectivity index (χ0n) is 11.5. The molecule has 0 saturated carbocycles. The van der Waals surface area contributed by atoms with E-state index in [9.17, 15) is 8.78 Å². The van der Waals surface area contributed by atoms with E-state index in [0.29, 0.717) is 23.8 Å². The third kappa shape index (κ3) is 2.46. The molecule has 2 bridgehead atoms. The Morgan fingerprint density at radius 1 is 1.20 bits per heavy atom. The molecular formula is C15H19BrF2N2. The Labute approximate surface area is 126 Å². The number of rotatable bonds is 3. The molecule has 1 aromatic rings. The minimum absolute atomic E-state index is 0.189. The lowest BCUT2D eigenvalue weighted by Crippen LogP contribution is -2.49. The molecule has 20 heavy (non-hydrogen) atoms. The number of fused-ring (bicyclic) bond motifs is 2. The summed E-state index contributed by atoms with van der Waals surface area (Å²) >= 11 is 3.04. The molecule has 5 heteroatoms. The third-order valence-corrected chi connectivity index (χ3v) is 5.10. The molecule has 0 spiro atoms. The summed E-state index contributed by atoms with van der Waals surface area (Å²) in [7, 11) is 0. The molecule has 2 aliphatic rings. The molecule has 2 saturated heterocycles. The minimum atomic E-state index is -0.394. The number of piperidine rings is 1. The Morgan fingerprint density at radius 2 is 1.85 bits per heavy atom. The molecule has 2 nitrogen and oxygen atoms in total. The molecular weight excluding hydrogens is 326 g/mol. The van der Waals surface area contributed by atoms with Gasteiger partial charge in [-0.15, -0.1) is 0 Å². The summed E-state index contributed by atoms with van der Waals surface area (Å²) in [6.07, 6.45) is 4.18. The maximum Gasteiger partial charge on any atom is 0.147 e. The number of halogens is 3. The molecule has 0 aliphatic carbocycles. The van der Waals surface area contributed by atoms with Crippen molar-refractivity contribution in [3.8, 4) is 0 Å². The fourth-order valence-corrected chi connectivity index (χ4v) is 4.05. The molecule has 0 amide bonds. The van der Waals surface area contributed by atoms with Gasteiger partial charge in [0.1, 0.15) is 11.6 Å². The van der Waals surface area contributed by atoms with Crippen molar-refractivity contribution in [3.05, 3.63) is 28.2 Å². The van der Waals surface area contributed by atoms with Gasteiger partial charge in [-0.25, -0.2) is 8.78 Å². The van der Waals surface area contributed by atoms with Gasteiger partial charge in [0.2, 0.25) is 0 Å². The lowest BCUT2D eigenvalue weighted by Gasteiger charge is -2.41. The number of hydrogen-bond donors (Lipinski definition) is 1. The molecule has 1 aromatic carbocycles. The lowest BCUT2D eigenvalue weighted by atomic mass is 9.96. The molecule has 0 aromatic heterocycles. The Balaban J connectivity index is 1.87. The maximum absolute atomic E-state index is 14.2. The fraction of sp³-hybridized carbons (Fsp3) is 0.600. The van der Waals surface area contributed by atoms with Crippen LogP contribution in [-0.4, -0.2) is 24.7 Å². The van der Waals surface area contributed by atoms with E-state index >= 15 is 0 Å². The summed E-state index contributed by atoms with van der Waals surface area (Å²) in [5.41, 5.74) is 0.424. The second-order valence-corrected chi connectivity index (χ2v) is 6.59. The Morgan fingerprint density at radius 3 is 2.45 bits per heavy atom. The highest BCUT2D eigenvalue weighted by molar-refractivity contribution is 9.10. The van der Waals surface area contributed by atoms with Crippen molar-refractivity contribution >= 4 is 21.6 Å². The first-order valence-electron chi connectivity index (χ1n) is 7.26. The average Bonchev–Trinajstić information content (AvgIpc) is 2.66. The van der Waals surface area contributed by atoms with Gasteiger partial charge in [0.25, 0.3) is 0 Å². The summed E-state index contributed by atoms with van der Waals surface area (Å²) in [5, 5.41) is 3.49. The van der Waals surface area contributed by atoms with Gasteiger partial charge in [0.15, 0.2) is 0 Å². The second-order valence-electron chi connectivity index (χ2n) is 5.74. The quantitative estimate of drug-likeness (QED) is 0.838. The maximum atomic E-state index is 14.2. The van der Waals surface area contributed by atoms with E-state index in [0.717, 1.165) is 32.2 Å². The van der Waals surface area contributed by atoms with E-state index < -0.39 is 5.82 Å². The van der Waals surface area contributed by atoms with Crippen LogP contribution in [-0.2, 0) is 0 Å². The van der Waals surface area contributed by atoms with Crippen LogP contribution < -0.4 is 10.2 Å². The van der Waals surface area contributed by atoms with Gasteiger partial charge in [-0.2, -0.15) is 0 Å².